The first kappa shape index (κ1) is 7.09. The summed E-state index contributed by atoms with van der Waals surface area (Å²) < 4.78 is 3.25. The minimum Gasteiger partial charge on any atom is -0.314 e. The summed E-state index contributed by atoms with van der Waals surface area (Å²) in [6.07, 6.45) is 5.36. The summed E-state index contributed by atoms with van der Waals surface area (Å²) >= 11 is 0. The number of hydrogen-bond donors (Lipinski definition) is 0. The fourth-order valence-electron chi connectivity index (χ4n) is 1.19. The molecular formula is C8H9N3O. The van der Waals surface area contributed by atoms with Crippen molar-refractivity contribution in [1.82, 2.24) is 14.0 Å². The molecule has 4 heteroatoms. The van der Waals surface area contributed by atoms with Crippen LogP contribution in [0.15, 0.2) is 23.4 Å². The molecule has 12 heavy (non-hydrogen) atoms. The van der Waals surface area contributed by atoms with Gasteiger partial charge in [0.1, 0.15) is 0 Å². The minimum absolute atomic E-state index is 0.0643. The van der Waals surface area contributed by atoms with E-state index in [1.165, 1.54) is 4.57 Å². The average molecular weight is 163 g/mol. The molecule has 2 aromatic heterocycles. The molecule has 0 radical (unpaired) electrons. The highest BCUT2D eigenvalue weighted by Gasteiger charge is 2.01. The second-order valence-corrected chi connectivity index (χ2v) is 2.83. The Morgan fingerprint density at radius 3 is 2.92 bits per heavy atom. The molecule has 0 spiro atoms. The van der Waals surface area contributed by atoms with Gasteiger partial charge < -0.3 is 8.97 Å². The molecule has 4 nitrogen and oxygen atoms in total. The maximum absolute atomic E-state index is 11.4. The highest BCUT2D eigenvalue weighted by atomic mass is 16.1. The Labute approximate surface area is 69.1 Å². The zero-order valence-corrected chi connectivity index (χ0v) is 6.98. The van der Waals surface area contributed by atoms with Crippen LogP contribution in [-0.2, 0) is 7.05 Å². The Balaban J connectivity index is 2.99. The van der Waals surface area contributed by atoms with Gasteiger partial charge in [0.25, 0.3) is 5.56 Å². The minimum atomic E-state index is -0.0643. The van der Waals surface area contributed by atoms with Crippen molar-refractivity contribution in [2.24, 2.45) is 7.05 Å². The van der Waals surface area contributed by atoms with Gasteiger partial charge in [0.2, 0.25) is 5.65 Å². The van der Waals surface area contributed by atoms with Gasteiger partial charge in [0.15, 0.2) is 0 Å². The lowest BCUT2D eigenvalue weighted by atomic mass is 10.6. The largest absolute Gasteiger partial charge is 0.314 e. The van der Waals surface area contributed by atoms with E-state index in [1.54, 1.807) is 17.6 Å². The Morgan fingerprint density at radius 1 is 1.42 bits per heavy atom. The number of aromatic nitrogens is 3. The monoisotopic (exact) mass is 163 g/mol. The van der Waals surface area contributed by atoms with Crippen molar-refractivity contribution in [3.63, 3.8) is 0 Å². The average Bonchev–Trinajstić information content (AvgIpc) is 2.39. The summed E-state index contributed by atoms with van der Waals surface area (Å²) in [5, 5.41) is 0. The quantitative estimate of drug-likeness (QED) is 0.562. The van der Waals surface area contributed by atoms with Gasteiger partial charge in [-0.25, -0.2) is 4.98 Å². The van der Waals surface area contributed by atoms with Crippen LogP contribution in [-0.4, -0.2) is 14.0 Å². The summed E-state index contributed by atoms with van der Waals surface area (Å²) in [6, 6.07) is 0. The molecule has 0 unspecified atom stereocenters. The van der Waals surface area contributed by atoms with Crippen molar-refractivity contribution in [3.05, 3.63) is 34.6 Å². The van der Waals surface area contributed by atoms with E-state index < -0.39 is 0 Å². The van der Waals surface area contributed by atoms with Crippen LogP contribution in [0.2, 0.25) is 0 Å². The Morgan fingerprint density at radius 2 is 2.17 bits per heavy atom. The molecule has 0 aliphatic carbocycles. The van der Waals surface area contributed by atoms with Gasteiger partial charge >= 0.3 is 0 Å². The van der Waals surface area contributed by atoms with E-state index in [2.05, 4.69) is 4.98 Å². The standard InChI is InChI=1S/C8H9N3O/c1-6-5-11-4-3-10(2)8(12)7(11)9-6/h3-5H,1-2H3. The zero-order valence-electron chi connectivity index (χ0n) is 6.98. The van der Waals surface area contributed by atoms with Crippen molar-refractivity contribution in [2.45, 2.75) is 6.92 Å². The van der Waals surface area contributed by atoms with Gasteiger partial charge in [0, 0.05) is 25.6 Å². The number of aryl methyl sites for hydroxylation is 2. The maximum Gasteiger partial charge on any atom is 0.293 e. The molecule has 0 aliphatic heterocycles. The third kappa shape index (κ3) is 0.845. The molecule has 0 saturated carbocycles. The molecule has 0 saturated heterocycles. The lowest BCUT2D eigenvalue weighted by Gasteiger charge is -1.95. The molecule has 2 rings (SSSR count). The third-order valence-corrected chi connectivity index (χ3v) is 1.82. The van der Waals surface area contributed by atoms with E-state index >= 15 is 0 Å². The van der Waals surface area contributed by atoms with Crippen molar-refractivity contribution in [3.8, 4) is 0 Å². The lowest BCUT2D eigenvalue weighted by Crippen LogP contribution is -2.17. The molecular weight excluding hydrogens is 154 g/mol. The molecule has 0 atom stereocenters. The van der Waals surface area contributed by atoms with Crippen LogP contribution >= 0.6 is 0 Å². The summed E-state index contributed by atoms with van der Waals surface area (Å²) in [5.74, 6) is 0. The topological polar surface area (TPSA) is 39.3 Å². The Hall–Kier alpha value is -1.58. The van der Waals surface area contributed by atoms with E-state index in [1.807, 2.05) is 19.3 Å². The van der Waals surface area contributed by atoms with Crippen LogP contribution in [0.1, 0.15) is 5.69 Å². The van der Waals surface area contributed by atoms with Gasteiger partial charge in [0.05, 0.1) is 5.69 Å². The predicted octanol–water partition coefficient (Wildman–Crippen LogP) is 0.341. The summed E-state index contributed by atoms with van der Waals surface area (Å²) in [7, 11) is 1.71. The van der Waals surface area contributed by atoms with Crippen molar-refractivity contribution >= 4 is 5.65 Å². The van der Waals surface area contributed by atoms with Crippen molar-refractivity contribution in [1.29, 1.82) is 0 Å². The fraction of sp³-hybridized carbons (Fsp3) is 0.250. The van der Waals surface area contributed by atoms with E-state index in [4.69, 9.17) is 0 Å². The lowest BCUT2D eigenvalue weighted by molar-refractivity contribution is 0.842. The smallest absolute Gasteiger partial charge is 0.293 e. The summed E-state index contributed by atoms with van der Waals surface area (Å²) in [5.41, 5.74) is 1.28. The SMILES string of the molecule is Cc1cn2ccn(C)c(=O)c2n1. The second kappa shape index (κ2) is 2.20. The molecule has 2 aromatic rings. The Kier molecular flexibility index (Phi) is 1.30. The summed E-state index contributed by atoms with van der Waals surface area (Å²) in [4.78, 5) is 15.5. The molecule has 0 bridgehead atoms. The first-order valence-corrected chi connectivity index (χ1v) is 3.69. The second-order valence-electron chi connectivity index (χ2n) is 2.83. The van der Waals surface area contributed by atoms with Gasteiger partial charge in [-0.15, -0.1) is 0 Å². The summed E-state index contributed by atoms with van der Waals surface area (Å²) in [6.45, 7) is 1.87. The van der Waals surface area contributed by atoms with Gasteiger partial charge in [-0.3, -0.25) is 4.79 Å². The predicted molar refractivity (Wildman–Crippen MR) is 45.2 cm³/mol. The molecule has 0 fully saturated rings. The highest BCUT2D eigenvalue weighted by Crippen LogP contribution is 1.97. The number of imidazole rings is 1. The molecule has 2 heterocycles. The van der Waals surface area contributed by atoms with Crippen LogP contribution in [0.5, 0.6) is 0 Å². The normalized spacial score (nSPS) is 10.8. The van der Waals surface area contributed by atoms with Crippen LogP contribution in [0.4, 0.5) is 0 Å². The van der Waals surface area contributed by atoms with Crippen LogP contribution in [0.3, 0.4) is 0 Å². The first-order chi connectivity index (χ1) is 5.68. The van der Waals surface area contributed by atoms with Crippen molar-refractivity contribution < 1.29 is 0 Å². The highest BCUT2D eigenvalue weighted by molar-refractivity contribution is 5.36. The molecule has 0 aromatic carbocycles. The van der Waals surface area contributed by atoms with Gasteiger partial charge in [-0.2, -0.15) is 0 Å². The third-order valence-electron chi connectivity index (χ3n) is 1.82. The van der Waals surface area contributed by atoms with E-state index in [0.29, 0.717) is 5.65 Å². The van der Waals surface area contributed by atoms with Gasteiger partial charge in [-0.1, -0.05) is 0 Å². The molecule has 0 aliphatic rings. The van der Waals surface area contributed by atoms with Crippen LogP contribution in [0.25, 0.3) is 5.65 Å². The zero-order chi connectivity index (χ0) is 8.72. The number of rotatable bonds is 0. The van der Waals surface area contributed by atoms with Crippen molar-refractivity contribution in [2.75, 3.05) is 0 Å². The van der Waals surface area contributed by atoms with Crippen LogP contribution < -0.4 is 5.56 Å². The molecule has 62 valence electrons. The molecule has 0 amide bonds. The number of hydrogen-bond acceptors (Lipinski definition) is 2. The van der Waals surface area contributed by atoms with E-state index in [-0.39, 0.29) is 5.56 Å². The maximum atomic E-state index is 11.4. The number of fused-ring (bicyclic) bond motifs is 1. The first-order valence-electron chi connectivity index (χ1n) is 3.69. The van der Waals surface area contributed by atoms with E-state index in [9.17, 15) is 4.79 Å². The Bertz CT molecular complexity index is 480. The molecule has 0 N–H and O–H groups in total. The fourth-order valence-corrected chi connectivity index (χ4v) is 1.19. The van der Waals surface area contributed by atoms with Gasteiger partial charge in [-0.05, 0) is 6.92 Å². The van der Waals surface area contributed by atoms with Crippen LogP contribution in [0, 0.1) is 6.92 Å². The number of nitrogens with zero attached hydrogens (tertiary/aromatic N) is 3. The van der Waals surface area contributed by atoms with E-state index in [0.717, 1.165) is 5.69 Å².